The second-order valence-corrected chi connectivity index (χ2v) is 4.60. The summed E-state index contributed by atoms with van der Waals surface area (Å²) in [5.74, 6) is 0. The van der Waals surface area contributed by atoms with E-state index in [1.54, 1.807) is 18.7 Å². The lowest BCUT2D eigenvalue weighted by Crippen LogP contribution is -2.12. The number of hydrogen-bond donors (Lipinski definition) is 1. The lowest BCUT2D eigenvalue weighted by Gasteiger charge is -2.06. The maximum Gasteiger partial charge on any atom is 0.0991 e. The van der Waals surface area contributed by atoms with Crippen LogP contribution in [0.5, 0.6) is 0 Å². The highest BCUT2D eigenvalue weighted by Gasteiger charge is 1.97. The fraction of sp³-hybridized carbons (Fsp3) is 0.125. The van der Waals surface area contributed by atoms with Gasteiger partial charge in [-0.25, -0.2) is 4.98 Å². The minimum absolute atomic E-state index is 0.830. The molecule has 0 fully saturated rings. The Balaban J connectivity index is 1.56. The molecule has 0 radical (unpaired) electrons. The molecule has 3 rings (SSSR count). The Bertz CT molecular complexity index is 630. The summed E-state index contributed by atoms with van der Waals surface area (Å²) in [5, 5.41) is 3.41. The molecule has 0 atom stereocenters. The second kappa shape index (κ2) is 6.12. The van der Waals surface area contributed by atoms with Crippen LogP contribution in [0.25, 0.3) is 5.69 Å². The van der Waals surface area contributed by atoms with Crippen LogP contribution >= 0.6 is 0 Å². The molecule has 1 aromatic carbocycles. The van der Waals surface area contributed by atoms with Gasteiger partial charge in [0.05, 0.1) is 6.33 Å². The smallest absolute Gasteiger partial charge is 0.0991 e. The third kappa shape index (κ3) is 3.10. The van der Waals surface area contributed by atoms with Crippen LogP contribution < -0.4 is 5.32 Å². The summed E-state index contributed by atoms with van der Waals surface area (Å²) in [6.45, 7) is 1.68. The quantitative estimate of drug-likeness (QED) is 0.770. The Kier molecular flexibility index (Phi) is 3.85. The molecule has 100 valence electrons. The van der Waals surface area contributed by atoms with Gasteiger partial charge in [-0.05, 0) is 29.3 Å². The normalized spacial score (nSPS) is 10.6. The van der Waals surface area contributed by atoms with E-state index in [1.807, 2.05) is 23.0 Å². The van der Waals surface area contributed by atoms with E-state index in [4.69, 9.17) is 0 Å². The molecule has 4 heteroatoms. The Morgan fingerprint density at radius 3 is 2.45 bits per heavy atom. The van der Waals surface area contributed by atoms with Crippen LogP contribution in [0, 0.1) is 0 Å². The first kappa shape index (κ1) is 12.6. The highest BCUT2D eigenvalue weighted by Crippen LogP contribution is 2.09. The fourth-order valence-electron chi connectivity index (χ4n) is 2.05. The van der Waals surface area contributed by atoms with Crippen molar-refractivity contribution in [2.45, 2.75) is 13.1 Å². The number of imidazole rings is 1. The molecular formula is C16H16N4. The van der Waals surface area contributed by atoms with Crippen molar-refractivity contribution in [1.29, 1.82) is 0 Å². The summed E-state index contributed by atoms with van der Waals surface area (Å²) in [4.78, 5) is 8.15. The van der Waals surface area contributed by atoms with Crippen LogP contribution in [0.4, 0.5) is 0 Å². The first-order valence-electron chi connectivity index (χ1n) is 6.59. The van der Waals surface area contributed by atoms with Crippen LogP contribution in [-0.2, 0) is 13.1 Å². The summed E-state index contributed by atoms with van der Waals surface area (Å²) in [5.41, 5.74) is 3.58. The molecule has 0 aliphatic carbocycles. The lowest BCUT2D eigenvalue weighted by atomic mass is 10.2. The van der Waals surface area contributed by atoms with Crippen molar-refractivity contribution in [3.63, 3.8) is 0 Å². The van der Waals surface area contributed by atoms with Gasteiger partial charge in [0.2, 0.25) is 0 Å². The van der Waals surface area contributed by atoms with Crippen molar-refractivity contribution in [2.75, 3.05) is 0 Å². The number of nitrogens with one attached hydrogen (secondary N) is 1. The number of aromatic nitrogens is 3. The number of hydrogen-bond acceptors (Lipinski definition) is 3. The van der Waals surface area contributed by atoms with Gasteiger partial charge in [0.25, 0.3) is 0 Å². The summed E-state index contributed by atoms with van der Waals surface area (Å²) >= 11 is 0. The average Bonchev–Trinajstić information content (AvgIpc) is 3.03. The van der Waals surface area contributed by atoms with Crippen molar-refractivity contribution < 1.29 is 0 Å². The molecule has 0 aliphatic rings. The minimum atomic E-state index is 0.830. The van der Waals surface area contributed by atoms with Crippen LogP contribution in [0.3, 0.4) is 0 Å². The first-order chi connectivity index (χ1) is 9.92. The highest BCUT2D eigenvalue weighted by molar-refractivity contribution is 5.34. The molecule has 2 aromatic heterocycles. The Labute approximate surface area is 118 Å². The first-order valence-corrected chi connectivity index (χ1v) is 6.59. The Hall–Kier alpha value is -2.46. The van der Waals surface area contributed by atoms with Crippen molar-refractivity contribution in [2.24, 2.45) is 0 Å². The molecule has 1 N–H and O–H groups in total. The predicted molar refractivity (Wildman–Crippen MR) is 78.3 cm³/mol. The zero-order valence-corrected chi connectivity index (χ0v) is 11.1. The van der Waals surface area contributed by atoms with E-state index in [-0.39, 0.29) is 0 Å². The van der Waals surface area contributed by atoms with E-state index in [2.05, 4.69) is 45.6 Å². The molecule has 0 spiro atoms. The molecule has 20 heavy (non-hydrogen) atoms. The van der Waals surface area contributed by atoms with Gasteiger partial charge in [-0.3, -0.25) is 4.98 Å². The molecule has 3 aromatic rings. The van der Waals surface area contributed by atoms with Gasteiger partial charge in [-0.2, -0.15) is 0 Å². The third-order valence-electron chi connectivity index (χ3n) is 3.12. The third-order valence-corrected chi connectivity index (χ3v) is 3.12. The molecule has 4 nitrogen and oxygen atoms in total. The number of pyridine rings is 1. The van der Waals surface area contributed by atoms with Gasteiger partial charge in [-0.15, -0.1) is 0 Å². The monoisotopic (exact) mass is 264 g/mol. The SMILES string of the molecule is c1cncc(CNCc2ccc(-n3ccnc3)cc2)c1. The van der Waals surface area contributed by atoms with E-state index in [9.17, 15) is 0 Å². The standard InChI is InChI=1S/C16H16N4/c1-2-15(11-17-7-1)12-19-10-14-3-5-16(6-4-14)20-9-8-18-13-20/h1-9,11,13,19H,10,12H2. The fourth-order valence-corrected chi connectivity index (χ4v) is 2.05. The summed E-state index contributed by atoms with van der Waals surface area (Å²) < 4.78 is 1.99. The van der Waals surface area contributed by atoms with Crippen molar-refractivity contribution in [3.05, 3.63) is 78.6 Å². The van der Waals surface area contributed by atoms with E-state index in [0.29, 0.717) is 0 Å². The Morgan fingerprint density at radius 2 is 1.75 bits per heavy atom. The van der Waals surface area contributed by atoms with E-state index < -0.39 is 0 Å². The summed E-state index contributed by atoms with van der Waals surface area (Å²) in [7, 11) is 0. The molecule has 0 saturated heterocycles. The van der Waals surface area contributed by atoms with E-state index in [1.165, 1.54) is 11.1 Å². The topological polar surface area (TPSA) is 42.7 Å². The van der Waals surface area contributed by atoms with E-state index >= 15 is 0 Å². The van der Waals surface area contributed by atoms with Crippen LogP contribution in [0.2, 0.25) is 0 Å². The molecule has 0 bridgehead atoms. The van der Waals surface area contributed by atoms with Crippen molar-refractivity contribution >= 4 is 0 Å². The van der Waals surface area contributed by atoms with Crippen molar-refractivity contribution in [1.82, 2.24) is 19.9 Å². The lowest BCUT2D eigenvalue weighted by molar-refractivity contribution is 0.691. The number of nitrogens with zero attached hydrogens (tertiary/aromatic N) is 3. The summed E-state index contributed by atoms with van der Waals surface area (Å²) in [6, 6.07) is 12.5. The largest absolute Gasteiger partial charge is 0.309 e. The summed E-state index contributed by atoms with van der Waals surface area (Å²) in [6.07, 6.45) is 9.20. The Morgan fingerprint density at radius 1 is 0.900 bits per heavy atom. The van der Waals surface area contributed by atoms with Gasteiger partial charge in [0, 0.05) is 43.6 Å². The van der Waals surface area contributed by atoms with Crippen LogP contribution in [0.1, 0.15) is 11.1 Å². The maximum absolute atomic E-state index is 4.10. The predicted octanol–water partition coefficient (Wildman–Crippen LogP) is 2.56. The second-order valence-electron chi connectivity index (χ2n) is 4.60. The number of benzene rings is 1. The molecule has 0 unspecified atom stereocenters. The van der Waals surface area contributed by atoms with Crippen molar-refractivity contribution in [3.8, 4) is 5.69 Å². The van der Waals surface area contributed by atoms with Crippen LogP contribution in [0.15, 0.2) is 67.5 Å². The maximum atomic E-state index is 4.10. The zero-order valence-electron chi connectivity index (χ0n) is 11.1. The minimum Gasteiger partial charge on any atom is -0.309 e. The molecule has 2 heterocycles. The average molecular weight is 264 g/mol. The van der Waals surface area contributed by atoms with Gasteiger partial charge >= 0.3 is 0 Å². The van der Waals surface area contributed by atoms with E-state index in [0.717, 1.165) is 18.8 Å². The van der Waals surface area contributed by atoms with Gasteiger partial charge < -0.3 is 9.88 Å². The molecule has 0 amide bonds. The van der Waals surface area contributed by atoms with Gasteiger partial charge in [-0.1, -0.05) is 18.2 Å². The van der Waals surface area contributed by atoms with Gasteiger partial charge in [0.1, 0.15) is 0 Å². The molecule has 0 saturated carbocycles. The molecule has 0 aliphatic heterocycles. The molecular weight excluding hydrogens is 248 g/mol. The highest BCUT2D eigenvalue weighted by atomic mass is 15.0. The zero-order chi connectivity index (χ0) is 13.6. The van der Waals surface area contributed by atoms with Gasteiger partial charge in [0.15, 0.2) is 0 Å². The van der Waals surface area contributed by atoms with Crippen LogP contribution in [-0.4, -0.2) is 14.5 Å². The number of rotatable bonds is 5.